The number of hydrogen-bond acceptors (Lipinski definition) is 1. The average Bonchev–Trinajstić information content (AvgIpc) is 2.85. The third-order valence-electron chi connectivity index (χ3n) is 3.28. The lowest BCUT2D eigenvalue weighted by molar-refractivity contribution is -0.115. The summed E-state index contributed by atoms with van der Waals surface area (Å²) in [6.07, 6.45) is 1.80. The number of aromatic nitrogens is 1. The number of rotatable bonds is 3. The van der Waals surface area contributed by atoms with Crippen molar-refractivity contribution in [1.82, 2.24) is 4.98 Å². The van der Waals surface area contributed by atoms with Gasteiger partial charge in [-0.3, -0.25) is 4.79 Å². The van der Waals surface area contributed by atoms with Crippen molar-refractivity contribution in [3.8, 4) is 0 Å². The quantitative estimate of drug-likeness (QED) is 0.709. The Morgan fingerprint density at radius 3 is 2.82 bits per heavy atom. The molecule has 1 heterocycles. The highest BCUT2D eigenvalue weighted by molar-refractivity contribution is 6.35. The van der Waals surface area contributed by atoms with Gasteiger partial charge < -0.3 is 10.3 Å². The Labute approximate surface area is 136 Å². The molecule has 0 unspecified atom stereocenters. The predicted molar refractivity (Wildman–Crippen MR) is 87.1 cm³/mol. The third-order valence-corrected chi connectivity index (χ3v) is 3.85. The van der Waals surface area contributed by atoms with Crippen LogP contribution in [0.5, 0.6) is 0 Å². The molecule has 2 N–H and O–H groups in total. The predicted octanol–water partition coefficient (Wildman–Crippen LogP) is 4.80. The summed E-state index contributed by atoms with van der Waals surface area (Å²) in [7, 11) is 0. The van der Waals surface area contributed by atoms with E-state index in [1.807, 2.05) is 0 Å². The van der Waals surface area contributed by atoms with Crippen molar-refractivity contribution in [2.24, 2.45) is 0 Å². The molecule has 112 valence electrons. The minimum Gasteiger partial charge on any atom is -0.361 e. The highest BCUT2D eigenvalue weighted by atomic mass is 35.5. The zero-order chi connectivity index (χ0) is 15.7. The molecule has 0 bridgehead atoms. The number of carbonyl (C=O) groups is 1. The van der Waals surface area contributed by atoms with Gasteiger partial charge in [0.05, 0.1) is 17.1 Å². The molecule has 0 atom stereocenters. The fourth-order valence-corrected chi connectivity index (χ4v) is 2.59. The first-order valence-corrected chi connectivity index (χ1v) is 7.29. The number of amides is 1. The number of halogens is 3. The van der Waals surface area contributed by atoms with Gasteiger partial charge in [-0.2, -0.15) is 0 Å². The van der Waals surface area contributed by atoms with E-state index in [2.05, 4.69) is 10.3 Å². The van der Waals surface area contributed by atoms with Gasteiger partial charge in [-0.1, -0.05) is 23.2 Å². The zero-order valence-corrected chi connectivity index (χ0v) is 12.8. The standard InChI is InChI=1S/C16H11Cl2FN2O/c17-10-1-3-13(18)15(6-10)21-16(22)5-9-8-20-14-4-2-11(19)7-12(9)14/h1-4,6-8,20H,5H2,(H,21,22). The van der Waals surface area contributed by atoms with Crippen LogP contribution in [0.15, 0.2) is 42.6 Å². The van der Waals surface area contributed by atoms with E-state index in [0.717, 1.165) is 5.52 Å². The molecule has 0 saturated heterocycles. The minimum atomic E-state index is -0.341. The number of fused-ring (bicyclic) bond motifs is 1. The van der Waals surface area contributed by atoms with E-state index < -0.39 is 0 Å². The number of benzene rings is 2. The molecule has 22 heavy (non-hydrogen) atoms. The molecule has 1 amide bonds. The summed E-state index contributed by atoms with van der Waals surface area (Å²) in [5, 5.41) is 4.28. The van der Waals surface area contributed by atoms with E-state index in [4.69, 9.17) is 23.2 Å². The summed E-state index contributed by atoms with van der Waals surface area (Å²) in [6.45, 7) is 0. The second-order valence-corrected chi connectivity index (χ2v) is 5.70. The van der Waals surface area contributed by atoms with Gasteiger partial charge in [0.2, 0.25) is 5.91 Å². The van der Waals surface area contributed by atoms with Gasteiger partial charge in [-0.05, 0) is 42.0 Å². The first kappa shape index (κ1) is 14.9. The largest absolute Gasteiger partial charge is 0.361 e. The summed E-state index contributed by atoms with van der Waals surface area (Å²) >= 11 is 11.9. The molecule has 3 nitrogen and oxygen atoms in total. The molecular formula is C16H11Cl2FN2O. The molecule has 3 aromatic rings. The van der Waals surface area contributed by atoms with Crippen molar-refractivity contribution < 1.29 is 9.18 Å². The average molecular weight is 337 g/mol. The number of nitrogens with one attached hydrogen (secondary N) is 2. The first-order chi connectivity index (χ1) is 10.5. The van der Waals surface area contributed by atoms with Crippen molar-refractivity contribution in [2.75, 3.05) is 5.32 Å². The van der Waals surface area contributed by atoms with Crippen LogP contribution in [0.1, 0.15) is 5.56 Å². The van der Waals surface area contributed by atoms with Crippen molar-refractivity contribution in [3.05, 3.63) is 64.0 Å². The molecule has 0 saturated carbocycles. The summed E-state index contributed by atoms with van der Waals surface area (Å²) in [5.74, 6) is -0.596. The van der Waals surface area contributed by atoms with Gasteiger partial charge in [0.1, 0.15) is 5.82 Å². The smallest absolute Gasteiger partial charge is 0.228 e. The fourth-order valence-electron chi connectivity index (χ4n) is 2.26. The Morgan fingerprint density at radius 2 is 2.00 bits per heavy atom. The Kier molecular flexibility index (Phi) is 4.05. The van der Waals surface area contributed by atoms with E-state index in [0.29, 0.717) is 26.7 Å². The topological polar surface area (TPSA) is 44.9 Å². The van der Waals surface area contributed by atoms with E-state index in [-0.39, 0.29) is 18.1 Å². The van der Waals surface area contributed by atoms with Crippen LogP contribution in [0.4, 0.5) is 10.1 Å². The van der Waals surface area contributed by atoms with Crippen LogP contribution >= 0.6 is 23.2 Å². The lowest BCUT2D eigenvalue weighted by Crippen LogP contribution is -2.14. The van der Waals surface area contributed by atoms with E-state index in [1.165, 1.54) is 12.1 Å². The zero-order valence-electron chi connectivity index (χ0n) is 11.3. The summed E-state index contributed by atoms with van der Waals surface area (Å²) < 4.78 is 13.3. The van der Waals surface area contributed by atoms with E-state index in [9.17, 15) is 9.18 Å². The first-order valence-electron chi connectivity index (χ1n) is 6.53. The molecule has 0 aliphatic rings. The second-order valence-electron chi connectivity index (χ2n) is 4.85. The maximum atomic E-state index is 13.3. The molecule has 3 rings (SSSR count). The number of hydrogen-bond donors (Lipinski definition) is 2. The van der Waals surface area contributed by atoms with Crippen LogP contribution in [0.25, 0.3) is 10.9 Å². The van der Waals surface area contributed by atoms with Gasteiger partial charge in [0.25, 0.3) is 0 Å². The maximum absolute atomic E-state index is 13.3. The Balaban J connectivity index is 1.81. The molecule has 1 aromatic heterocycles. The summed E-state index contributed by atoms with van der Waals surface area (Å²) in [5.41, 5.74) is 1.94. The highest BCUT2D eigenvalue weighted by Crippen LogP contribution is 2.26. The van der Waals surface area contributed by atoms with Crippen molar-refractivity contribution in [1.29, 1.82) is 0 Å². The number of anilines is 1. The van der Waals surface area contributed by atoms with Gasteiger partial charge >= 0.3 is 0 Å². The van der Waals surface area contributed by atoms with Crippen molar-refractivity contribution in [3.63, 3.8) is 0 Å². The molecule has 0 aliphatic carbocycles. The molecule has 2 aromatic carbocycles. The van der Waals surface area contributed by atoms with Gasteiger partial charge in [0, 0.05) is 22.1 Å². The van der Waals surface area contributed by atoms with Crippen LogP contribution in [-0.2, 0) is 11.2 Å². The van der Waals surface area contributed by atoms with Crippen LogP contribution in [0.2, 0.25) is 10.0 Å². The summed E-state index contributed by atoms with van der Waals surface area (Å²) in [6, 6.07) is 9.24. The van der Waals surface area contributed by atoms with Gasteiger partial charge in [-0.25, -0.2) is 4.39 Å². The van der Waals surface area contributed by atoms with E-state index in [1.54, 1.807) is 30.5 Å². The van der Waals surface area contributed by atoms with Crippen LogP contribution in [0, 0.1) is 5.82 Å². The lowest BCUT2D eigenvalue weighted by Gasteiger charge is -2.07. The normalized spacial score (nSPS) is 10.9. The Hall–Kier alpha value is -2.04. The van der Waals surface area contributed by atoms with E-state index >= 15 is 0 Å². The monoisotopic (exact) mass is 336 g/mol. The maximum Gasteiger partial charge on any atom is 0.228 e. The molecule has 0 aliphatic heterocycles. The van der Waals surface area contributed by atoms with Crippen molar-refractivity contribution in [2.45, 2.75) is 6.42 Å². The molecular weight excluding hydrogens is 326 g/mol. The van der Waals surface area contributed by atoms with Crippen LogP contribution in [0.3, 0.4) is 0 Å². The van der Waals surface area contributed by atoms with Crippen LogP contribution in [-0.4, -0.2) is 10.9 Å². The molecule has 0 radical (unpaired) electrons. The number of carbonyl (C=O) groups excluding carboxylic acids is 1. The van der Waals surface area contributed by atoms with Crippen LogP contribution < -0.4 is 5.32 Å². The highest BCUT2D eigenvalue weighted by Gasteiger charge is 2.11. The molecule has 0 spiro atoms. The molecule has 0 fully saturated rings. The SMILES string of the molecule is O=C(Cc1c[nH]c2ccc(F)cc12)Nc1cc(Cl)ccc1Cl. The molecule has 6 heteroatoms. The third kappa shape index (κ3) is 3.08. The fraction of sp³-hybridized carbons (Fsp3) is 0.0625. The summed E-state index contributed by atoms with van der Waals surface area (Å²) in [4.78, 5) is 15.2. The van der Waals surface area contributed by atoms with Crippen molar-refractivity contribution >= 4 is 45.7 Å². The lowest BCUT2D eigenvalue weighted by atomic mass is 10.1. The Morgan fingerprint density at radius 1 is 1.18 bits per heavy atom. The Bertz CT molecular complexity index is 860. The second kappa shape index (κ2) is 5.99. The number of H-pyrrole nitrogens is 1. The van der Waals surface area contributed by atoms with Gasteiger partial charge in [-0.15, -0.1) is 0 Å². The minimum absolute atomic E-state index is 0.103. The van der Waals surface area contributed by atoms with Gasteiger partial charge in [0.15, 0.2) is 0 Å². The number of aromatic amines is 1.